The van der Waals surface area contributed by atoms with Crippen molar-refractivity contribution in [3.8, 4) is 0 Å². The van der Waals surface area contributed by atoms with Crippen LogP contribution in [0, 0.1) is 12.7 Å². The van der Waals surface area contributed by atoms with Gasteiger partial charge >= 0.3 is 0 Å². The zero-order valence-corrected chi connectivity index (χ0v) is 10.1. The van der Waals surface area contributed by atoms with E-state index in [-0.39, 0.29) is 17.4 Å². The number of hydrogen-bond acceptors (Lipinski definition) is 2. The van der Waals surface area contributed by atoms with Crippen LogP contribution in [0.5, 0.6) is 0 Å². The van der Waals surface area contributed by atoms with Gasteiger partial charge in [0, 0.05) is 5.54 Å². The monoisotopic (exact) mass is 222 g/mol. The first-order valence-electron chi connectivity index (χ1n) is 5.65. The fraction of sp³-hybridized carbons (Fsp3) is 0.538. The number of rotatable bonds is 3. The Morgan fingerprint density at radius 3 is 2.44 bits per heavy atom. The largest absolute Gasteiger partial charge is 0.323 e. The van der Waals surface area contributed by atoms with Gasteiger partial charge in [-0.2, -0.15) is 0 Å². The molecule has 2 nitrogen and oxygen atoms in total. The van der Waals surface area contributed by atoms with E-state index < -0.39 is 0 Å². The lowest BCUT2D eigenvalue weighted by molar-refractivity contribution is 0.245. The summed E-state index contributed by atoms with van der Waals surface area (Å²) in [7, 11) is 4.05. The van der Waals surface area contributed by atoms with Crippen molar-refractivity contribution >= 4 is 0 Å². The van der Waals surface area contributed by atoms with Crippen LogP contribution in [0.3, 0.4) is 0 Å². The van der Waals surface area contributed by atoms with E-state index in [1.54, 1.807) is 6.92 Å². The number of nitrogens with zero attached hydrogens (tertiary/aromatic N) is 1. The Morgan fingerprint density at radius 1 is 1.38 bits per heavy atom. The molecule has 1 unspecified atom stereocenters. The van der Waals surface area contributed by atoms with Gasteiger partial charge in [-0.3, -0.25) is 0 Å². The second-order valence-corrected chi connectivity index (χ2v) is 5.11. The molecule has 0 spiro atoms. The number of halogens is 1. The van der Waals surface area contributed by atoms with Crippen LogP contribution in [0.2, 0.25) is 0 Å². The van der Waals surface area contributed by atoms with Gasteiger partial charge in [0.2, 0.25) is 0 Å². The van der Waals surface area contributed by atoms with Crippen LogP contribution in [-0.2, 0) is 0 Å². The van der Waals surface area contributed by atoms with Gasteiger partial charge in [-0.25, -0.2) is 4.39 Å². The van der Waals surface area contributed by atoms with Crippen LogP contribution < -0.4 is 5.73 Å². The molecule has 2 N–H and O–H groups in total. The second-order valence-electron chi connectivity index (χ2n) is 5.11. The summed E-state index contributed by atoms with van der Waals surface area (Å²) in [6.45, 7) is 1.79. The molecular weight excluding hydrogens is 203 g/mol. The molecule has 2 rings (SSSR count). The molecule has 1 atom stereocenters. The van der Waals surface area contributed by atoms with Crippen molar-refractivity contribution in [1.29, 1.82) is 0 Å². The van der Waals surface area contributed by atoms with E-state index >= 15 is 0 Å². The molecule has 0 radical (unpaired) electrons. The molecule has 0 aromatic heterocycles. The molecule has 0 bridgehead atoms. The van der Waals surface area contributed by atoms with Crippen LogP contribution in [0.1, 0.15) is 30.0 Å². The fourth-order valence-electron chi connectivity index (χ4n) is 2.40. The highest BCUT2D eigenvalue weighted by Crippen LogP contribution is 2.46. The maximum Gasteiger partial charge on any atom is 0.126 e. The van der Waals surface area contributed by atoms with Gasteiger partial charge in [0.25, 0.3) is 0 Å². The van der Waals surface area contributed by atoms with Crippen LogP contribution >= 0.6 is 0 Å². The number of nitrogens with two attached hydrogens (primary N) is 1. The van der Waals surface area contributed by atoms with E-state index in [0.717, 1.165) is 18.4 Å². The summed E-state index contributed by atoms with van der Waals surface area (Å²) < 4.78 is 13.2. The third-order valence-electron chi connectivity index (χ3n) is 3.39. The van der Waals surface area contributed by atoms with Crippen LogP contribution in [0.25, 0.3) is 0 Å². The Kier molecular flexibility index (Phi) is 2.76. The average molecular weight is 222 g/mol. The summed E-state index contributed by atoms with van der Waals surface area (Å²) in [4.78, 5) is 2.12. The molecule has 1 fully saturated rings. The zero-order chi connectivity index (χ0) is 11.9. The van der Waals surface area contributed by atoms with E-state index in [2.05, 4.69) is 4.90 Å². The molecule has 1 aromatic carbocycles. The summed E-state index contributed by atoms with van der Waals surface area (Å²) in [5.74, 6) is -0.150. The summed E-state index contributed by atoms with van der Waals surface area (Å²) in [5.41, 5.74) is 7.96. The highest BCUT2D eigenvalue weighted by atomic mass is 19.1. The number of hydrogen-bond donors (Lipinski definition) is 1. The van der Waals surface area contributed by atoms with E-state index in [1.807, 2.05) is 26.2 Å². The minimum atomic E-state index is -0.150. The Bertz CT molecular complexity index is 397. The predicted molar refractivity (Wildman–Crippen MR) is 63.7 cm³/mol. The van der Waals surface area contributed by atoms with Crippen molar-refractivity contribution < 1.29 is 4.39 Å². The molecule has 0 aliphatic heterocycles. The summed E-state index contributed by atoms with van der Waals surface area (Å²) in [5, 5.41) is 0. The zero-order valence-electron chi connectivity index (χ0n) is 10.1. The number of aryl methyl sites for hydroxylation is 1. The van der Waals surface area contributed by atoms with Gasteiger partial charge in [0.05, 0.1) is 6.04 Å². The van der Waals surface area contributed by atoms with Gasteiger partial charge in [-0.1, -0.05) is 12.1 Å². The van der Waals surface area contributed by atoms with Crippen molar-refractivity contribution in [2.45, 2.75) is 31.3 Å². The summed E-state index contributed by atoms with van der Waals surface area (Å²) in [6.07, 6.45) is 2.10. The predicted octanol–water partition coefficient (Wildman–Crippen LogP) is 2.23. The first-order valence-corrected chi connectivity index (χ1v) is 5.65. The van der Waals surface area contributed by atoms with E-state index in [9.17, 15) is 4.39 Å². The fourth-order valence-corrected chi connectivity index (χ4v) is 2.40. The molecule has 0 saturated heterocycles. The van der Waals surface area contributed by atoms with Crippen molar-refractivity contribution in [3.63, 3.8) is 0 Å². The molecule has 1 aliphatic rings. The van der Waals surface area contributed by atoms with Crippen molar-refractivity contribution in [2.75, 3.05) is 14.1 Å². The number of benzene rings is 1. The lowest BCUT2D eigenvalue weighted by atomic mass is 9.95. The maximum absolute atomic E-state index is 13.2. The molecule has 88 valence electrons. The van der Waals surface area contributed by atoms with Crippen LogP contribution in [0.4, 0.5) is 4.39 Å². The van der Waals surface area contributed by atoms with Gasteiger partial charge in [0.15, 0.2) is 0 Å². The van der Waals surface area contributed by atoms with Gasteiger partial charge in [-0.05, 0) is 51.1 Å². The standard InChI is InChI=1S/C13H19FN2/c1-9-8-10(4-5-11(9)14)12(16(2)3)13(15)6-7-13/h4-5,8,12H,6-7,15H2,1-3H3. The number of likely N-dealkylation sites (N-methyl/N-ethyl adjacent to an activating group) is 1. The first-order chi connectivity index (χ1) is 7.44. The van der Waals surface area contributed by atoms with Crippen LogP contribution in [-0.4, -0.2) is 24.5 Å². The third-order valence-corrected chi connectivity index (χ3v) is 3.39. The van der Waals surface area contributed by atoms with Crippen LogP contribution in [0.15, 0.2) is 18.2 Å². The average Bonchev–Trinajstić information content (AvgIpc) is 2.90. The lowest BCUT2D eigenvalue weighted by Crippen LogP contribution is -2.39. The molecule has 1 aliphatic carbocycles. The minimum Gasteiger partial charge on any atom is -0.323 e. The Morgan fingerprint density at radius 2 is 2.00 bits per heavy atom. The molecule has 16 heavy (non-hydrogen) atoms. The quantitative estimate of drug-likeness (QED) is 0.849. The Hall–Kier alpha value is -0.930. The van der Waals surface area contributed by atoms with Gasteiger partial charge < -0.3 is 10.6 Å². The van der Waals surface area contributed by atoms with Crippen molar-refractivity contribution in [1.82, 2.24) is 4.90 Å². The van der Waals surface area contributed by atoms with E-state index in [1.165, 1.54) is 6.07 Å². The topological polar surface area (TPSA) is 29.3 Å². The van der Waals surface area contributed by atoms with Gasteiger partial charge in [-0.15, -0.1) is 0 Å². The summed E-state index contributed by atoms with van der Waals surface area (Å²) in [6, 6.07) is 5.48. The smallest absolute Gasteiger partial charge is 0.126 e. The van der Waals surface area contributed by atoms with E-state index in [4.69, 9.17) is 5.73 Å². The SMILES string of the molecule is Cc1cc(C(N(C)C)C2(N)CC2)ccc1F. The summed E-state index contributed by atoms with van der Waals surface area (Å²) >= 11 is 0. The highest BCUT2D eigenvalue weighted by molar-refractivity contribution is 5.31. The third kappa shape index (κ3) is 1.97. The highest BCUT2D eigenvalue weighted by Gasteiger charge is 2.47. The molecule has 0 amide bonds. The molecular formula is C13H19FN2. The Labute approximate surface area is 96.2 Å². The van der Waals surface area contributed by atoms with Crippen molar-refractivity contribution in [2.24, 2.45) is 5.73 Å². The molecule has 0 heterocycles. The molecule has 1 aromatic rings. The normalized spacial score (nSPS) is 19.9. The minimum absolute atomic E-state index is 0.117. The Balaban J connectivity index is 2.36. The van der Waals surface area contributed by atoms with Gasteiger partial charge in [0.1, 0.15) is 5.82 Å². The maximum atomic E-state index is 13.2. The molecule has 1 saturated carbocycles. The second kappa shape index (κ2) is 3.82. The lowest BCUT2D eigenvalue weighted by Gasteiger charge is -2.30. The molecule has 3 heteroatoms. The first kappa shape index (κ1) is 11.6. The van der Waals surface area contributed by atoms with E-state index in [0.29, 0.717) is 5.56 Å². The van der Waals surface area contributed by atoms with Crippen molar-refractivity contribution in [3.05, 3.63) is 35.1 Å².